The first-order valence-electron chi connectivity index (χ1n) is 4.73. The van der Waals surface area contributed by atoms with Gasteiger partial charge in [-0.25, -0.2) is 0 Å². The Hall–Kier alpha value is -1.02. The molecule has 1 aliphatic rings. The maximum atomic E-state index is 10.8. The van der Waals surface area contributed by atoms with E-state index in [0.29, 0.717) is 6.42 Å². The Kier molecular flexibility index (Phi) is 2.46. The predicted octanol–water partition coefficient (Wildman–Crippen LogP) is 2.25. The number of hydrogen-bond acceptors (Lipinski definition) is 1. The molecule has 74 valence electrons. The zero-order chi connectivity index (χ0) is 10.1. The molecule has 0 aliphatic heterocycles. The van der Waals surface area contributed by atoms with Crippen molar-refractivity contribution >= 4 is 17.5 Å². The Balaban J connectivity index is 2.28. The molecule has 0 saturated carbocycles. The van der Waals surface area contributed by atoms with Crippen LogP contribution in [0.4, 0.5) is 0 Å². The Bertz CT molecular complexity index is 376. The van der Waals surface area contributed by atoms with Gasteiger partial charge in [0.1, 0.15) is 0 Å². The van der Waals surface area contributed by atoms with Gasteiger partial charge in [0.15, 0.2) is 0 Å². The van der Waals surface area contributed by atoms with Crippen molar-refractivity contribution < 1.29 is 4.79 Å². The van der Waals surface area contributed by atoms with E-state index >= 15 is 0 Å². The predicted molar refractivity (Wildman–Crippen MR) is 56.3 cm³/mol. The van der Waals surface area contributed by atoms with Crippen LogP contribution >= 0.6 is 11.6 Å². The van der Waals surface area contributed by atoms with Crippen LogP contribution in [0.25, 0.3) is 0 Å². The molecule has 0 saturated heterocycles. The van der Waals surface area contributed by atoms with Crippen LogP contribution in [0.15, 0.2) is 18.2 Å². The number of aryl methyl sites for hydroxylation is 1. The number of fused-ring (bicyclic) bond motifs is 1. The second kappa shape index (κ2) is 3.62. The third-order valence-corrected chi connectivity index (χ3v) is 2.99. The summed E-state index contributed by atoms with van der Waals surface area (Å²) in [6.45, 7) is 0. The minimum Gasteiger partial charge on any atom is -0.370 e. The average molecular weight is 210 g/mol. The molecule has 0 spiro atoms. The zero-order valence-electron chi connectivity index (χ0n) is 7.79. The van der Waals surface area contributed by atoms with E-state index in [1.807, 2.05) is 18.2 Å². The van der Waals surface area contributed by atoms with Crippen LogP contribution in [0.2, 0.25) is 5.02 Å². The van der Waals surface area contributed by atoms with E-state index < -0.39 is 0 Å². The Labute approximate surface area is 88.1 Å². The molecular weight excluding hydrogens is 198 g/mol. The summed E-state index contributed by atoms with van der Waals surface area (Å²) >= 11 is 5.91. The molecule has 3 heteroatoms. The van der Waals surface area contributed by atoms with E-state index in [1.165, 1.54) is 11.1 Å². The Morgan fingerprint density at radius 2 is 2.36 bits per heavy atom. The highest BCUT2D eigenvalue weighted by Gasteiger charge is 2.23. The number of amides is 1. The molecule has 2 rings (SSSR count). The molecular formula is C11H12ClNO. The van der Waals surface area contributed by atoms with Gasteiger partial charge in [0.25, 0.3) is 0 Å². The SMILES string of the molecule is NC(=O)CC1CCc2ccc(Cl)cc21. The van der Waals surface area contributed by atoms with E-state index in [2.05, 4.69) is 0 Å². The fraction of sp³-hybridized carbons (Fsp3) is 0.364. The summed E-state index contributed by atoms with van der Waals surface area (Å²) in [4.78, 5) is 10.8. The van der Waals surface area contributed by atoms with Crippen LogP contribution in [-0.2, 0) is 11.2 Å². The molecule has 0 bridgehead atoms. The lowest BCUT2D eigenvalue weighted by molar-refractivity contribution is -0.118. The van der Waals surface area contributed by atoms with Crippen molar-refractivity contribution in [3.05, 3.63) is 34.3 Å². The molecule has 0 radical (unpaired) electrons. The number of halogens is 1. The molecule has 1 unspecified atom stereocenters. The summed E-state index contributed by atoms with van der Waals surface area (Å²) in [5.74, 6) is 0.0454. The van der Waals surface area contributed by atoms with Crippen molar-refractivity contribution in [3.63, 3.8) is 0 Å². The number of carbonyl (C=O) groups is 1. The number of rotatable bonds is 2. The standard InChI is InChI=1S/C11H12ClNO/c12-9-4-3-7-1-2-8(5-11(13)14)10(7)6-9/h3-4,6,8H,1-2,5H2,(H2,13,14). The van der Waals surface area contributed by atoms with Gasteiger partial charge < -0.3 is 5.73 Å². The fourth-order valence-electron chi connectivity index (χ4n) is 2.11. The lowest BCUT2D eigenvalue weighted by Gasteiger charge is -2.08. The first-order chi connectivity index (χ1) is 6.66. The molecule has 1 aromatic rings. The third-order valence-electron chi connectivity index (χ3n) is 2.76. The van der Waals surface area contributed by atoms with Crippen molar-refractivity contribution in [3.8, 4) is 0 Å². The van der Waals surface area contributed by atoms with E-state index in [-0.39, 0.29) is 11.8 Å². The van der Waals surface area contributed by atoms with Gasteiger partial charge in [-0.15, -0.1) is 0 Å². The van der Waals surface area contributed by atoms with Crippen molar-refractivity contribution in [2.75, 3.05) is 0 Å². The van der Waals surface area contributed by atoms with Crippen molar-refractivity contribution in [1.82, 2.24) is 0 Å². The first-order valence-corrected chi connectivity index (χ1v) is 5.11. The Morgan fingerprint density at radius 1 is 1.57 bits per heavy atom. The Morgan fingerprint density at radius 3 is 3.07 bits per heavy atom. The summed E-state index contributed by atoms with van der Waals surface area (Å²) in [6, 6.07) is 5.89. The highest BCUT2D eigenvalue weighted by molar-refractivity contribution is 6.30. The monoisotopic (exact) mass is 209 g/mol. The smallest absolute Gasteiger partial charge is 0.218 e. The molecule has 1 atom stereocenters. The lowest BCUT2D eigenvalue weighted by atomic mass is 9.98. The van der Waals surface area contributed by atoms with Gasteiger partial charge >= 0.3 is 0 Å². The number of nitrogens with two attached hydrogens (primary N) is 1. The van der Waals surface area contributed by atoms with Gasteiger partial charge in [-0.2, -0.15) is 0 Å². The van der Waals surface area contributed by atoms with E-state index in [1.54, 1.807) is 0 Å². The molecule has 0 fully saturated rings. The van der Waals surface area contributed by atoms with Gasteiger partial charge in [0.05, 0.1) is 0 Å². The molecule has 0 aromatic heterocycles. The summed E-state index contributed by atoms with van der Waals surface area (Å²) in [6.07, 6.45) is 2.48. The molecule has 14 heavy (non-hydrogen) atoms. The van der Waals surface area contributed by atoms with Crippen LogP contribution in [0, 0.1) is 0 Å². The molecule has 1 aromatic carbocycles. The summed E-state index contributed by atoms with van der Waals surface area (Å²) in [7, 11) is 0. The molecule has 2 N–H and O–H groups in total. The van der Waals surface area contributed by atoms with Gasteiger partial charge in [-0.1, -0.05) is 17.7 Å². The van der Waals surface area contributed by atoms with Crippen LogP contribution < -0.4 is 5.73 Å². The normalized spacial score (nSPS) is 19.4. The first kappa shape index (κ1) is 9.53. The highest BCUT2D eigenvalue weighted by atomic mass is 35.5. The average Bonchev–Trinajstić information content (AvgIpc) is 2.47. The number of hydrogen-bond donors (Lipinski definition) is 1. The minimum atomic E-state index is -0.233. The summed E-state index contributed by atoms with van der Waals surface area (Å²) in [5.41, 5.74) is 7.71. The maximum Gasteiger partial charge on any atom is 0.218 e. The fourth-order valence-corrected chi connectivity index (χ4v) is 2.29. The highest BCUT2D eigenvalue weighted by Crippen LogP contribution is 2.36. The molecule has 1 aliphatic carbocycles. The topological polar surface area (TPSA) is 43.1 Å². The minimum absolute atomic E-state index is 0.233. The largest absolute Gasteiger partial charge is 0.370 e. The van der Waals surface area contributed by atoms with Crippen LogP contribution in [0.1, 0.15) is 29.9 Å². The van der Waals surface area contributed by atoms with E-state index in [9.17, 15) is 4.79 Å². The second-order valence-corrected chi connectivity index (χ2v) is 4.19. The van der Waals surface area contributed by atoms with Gasteiger partial charge in [0.2, 0.25) is 5.91 Å². The van der Waals surface area contributed by atoms with Gasteiger partial charge in [0, 0.05) is 11.4 Å². The quantitative estimate of drug-likeness (QED) is 0.798. The van der Waals surface area contributed by atoms with Gasteiger partial charge in [-0.05, 0) is 42.0 Å². The summed E-state index contributed by atoms with van der Waals surface area (Å²) < 4.78 is 0. The number of benzene rings is 1. The van der Waals surface area contributed by atoms with E-state index in [4.69, 9.17) is 17.3 Å². The van der Waals surface area contributed by atoms with Crippen LogP contribution in [-0.4, -0.2) is 5.91 Å². The van der Waals surface area contributed by atoms with Crippen molar-refractivity contribution in [2.45, 2.75) is 25.2 Å². The molecule has 2 nitrogen and oxygen atoms in total. The number of carbonyl (C=O) groups excluding carboxylic acids is 1. The molecule has 1 amide bonds. The molecule has 0 heterocycles. The van der Waals surface area contributed by atoms with E-state index in [0.717, 1.165) is 17.9 Å². The lowest BCUT2D eigenvalue weighted by Crippen LogP contribution is -2.13. The summed E-state index contributed by atoms with van der Waals surface area (Å²) in [5, 5.41) is 0.736. The van der Waals surface area contributed by atoms with Crippen LogP contribution in [0.5, 0.6) is 0 Å². The third kappa shape index (κ3) is 1.75. The second-order valence-electron chi connectivity index (χ2n) is 3.75. The maximum absolute atomic E-state index is 10.8. The van der Waals surface area contributed by atoms with Crippen molar-refractivity contribution in [2.24, 2.45) is 5.73 Å². The van der Waals surface area contributed by atoms with Gasteiger partial charge in [-0.3, -0.25) is 4.79 Å². The number of primary amides is 1. The van der Waals surface area contributed by atoms with Crippen LogP contribution in [0.3, 0.4) is 0 Å². The zero-order valence-corrected chi connectivity index (χ0v) is 8.55. The van der Waals surface area contributed by atoms with Crippen molar-refractivity contribution in [1.29, 1.82) is 0 Å².